The van der Waals surface area contributed by atoms with Crippen LogP contribution in [0, 0.1) is 12.3 Å². The minimum Gasteiger partial charge on any atom is -0.340 e. The van der Waals surface area contributed by atoms with Crippen molar-refractivity contribution in [3.8, 4) is 12.3 Å². The third kappa shape index (κ3) is 4.03. The van der Waals surface area contributed by atoms with Gasteiger partial charge in [0.2, 0.25) is 5.91 Å². The van der Waals surface area contributed by atoms with E-state index < -0.39 is 11.3 Å². The van der Waals surface area contributed by atoms with Crippen LogP contribution in [0.3, 0.4) is 0 Å². The Hall–Kier alpha value is -1.44. The van der Waals surface area contributed by atoms with Gasteiger partial charge in [0, 0.05) is 32.2 Å². The molecule has 0 saturated carbocycles. The molecule has 1 atom stereocenters. The first kappa shape index (κ1) is 15.0. The standard InChI is InChI=1S/C15H22FN3O/c1-3-4-9-15(17-18-15)10-7-13(20)19-11-6-5-8-14(2,16)12-19/h1H,4-12H2,2H3. The second-order valence-electron chi connectivity index (χ2n) is 6.07. The third-order valence-corrected chi connectivity index (χ3v) is 4.04. The number of hydrogen-bond acceptors (Lipinski definition) is 3. The van der Waals surface area contributed by atoms with Gasteiger partial charge in [0.1, 0.15) is 5.67 Å². The van der Waals surface area contributed by atoms with Gasteiger partial charge in [-0.3, -0.25) is 4.79 Å². The predicted octanol–water partition coefficient (Wildman–Crippen LogP) is 3.08. The van der Waals surface area contributed by atoms with Crippen LogP contribution in [0.25, 0.3) is 0 Å². The molecule has 0 aliphatic carbocycles. The Bertz CT molecular complexity index is 433. The molecule has 1 unspecified atom stereocenters. The van der Waals surface area contributed by atoms with E-state index in [2.05, 4.69) is 16.1 Å². The largest absolute Gasteiger partial charge is 0.340 e. The number of nitrogens with zero attached hydrogens (tertiary/aromatic N) is 3. The van der Waals surface area contributed by atoms with Crippen molar-refractivity contribution in [3.63, 3.8) is 0 Å². The summed E-state index contributed by atoms with van der Waals surface area (Å²) in [6, 6.07) is 0. The highest BCUT2D eigenvalue weighted by molar-refractivity contribution is 5.76. The highest BCUT2D eigenvalue weighted by atomic mass is 19.1. The third-order valence-electron chi connectivity index (χ3n) is 4.04. The molecule has 0 aromatic heterocycles. The van der Waals surface area contributed by atoms with Gasteiger partial charge in [0.25, 0.3) is 0 Å². The molecule has 0 aromatic rings. The number of likely N-dealkylation sites (tertiary alicyclic amines) is 1. The number of hydrogen-bond donors (Lipinski definition) is 0. The number of carbonyl (C=O) groups excluding carboxylic acids is 1. The summed E-state index contributed by atoms with van der Waals surface area (Å²) >= 11 is 0. The molecule has 0 N–H and O–H groups in total. The van der Waals surface area contributed by atoms with Crippen LogP contribution in [0.1, 0.15) is 51.9 Å². The molecular weight excluding hydrogens is 257 g/mol. The smallest absolute Gasteiger partial charge is 0.222 e. The molecule has 1 saturated heterocycles. The lowest BCUT2D eigenvalue weighted by Crippen LogP contribution is -2.40. The van der Waals surface area contributed by atoms with Crippen LogP contribution in [-0.4, -0.2) is 35.2 Å². The zero-order valence-corrected chi connectivity index (χ0v) is 12.1. The summed E-state index contributed by atoms with van der Waals surface area (Å²) in [7, 11) is 0. The van der Waals surface area contributed by atoms with E-state index in [-0.39, 0.29) is 12.5 Å². The van der Waals surface area contributed by atoms with Gasteiger partial charge < -0.3 is 4.90 Å². The predicted molar refractivity (Wildman–Crippen MR) is 74.8 cm³/mol. The van der Waals surface area contributed by atoms with Gasteiger partial charge in [-0.15, -0.1) is 12.3 Å². The van der Waals surface area contributed by atoms with Gasteiger partial charge in [0.15, 0.2) is 5.66 Å². The quantitative estimate of drug-likeness (QED) is 0.713. The van der Waals surface area contributed by atoms with Gasteiger partial charge in [-0.2, -0.15) is 10.2 Å². The average Bonchev–Trinajstić information content (AvgIpc) is 3.19. The molecule has 20 heavy (non-hydrogen) atoms. The van der Waals surface area contributed by atoms with Gasteiger partial charge in [-0.25, -0.2) is 4.39 Å². The first-order chi connectivity index (χ1) is 9.46. The van der Waals surface area contributed by atoms with E-state index in [1.807, 2.05) is 0 Å². The SMILES string of the molecule is C#CCCC1(CCC(=O)N2CCCCC(C)(F)C2)N=N1. The fraction of sp³-hybridized carbons (Fsp3) is 0.800. The lowest BCUT2D eigenvalue weighted by Gasteiger charge is -2.27. The minimum absolute atomic E-state index is 0.00755. The van der Waals surface area contributed by atoms with E-state index in [9.17, 15) is 9.18 Å². The summed E-state index contributed by atoms with van der Waals surface area (Å²) in [5.41, 5.74) is -1.69. The maximum Gasteiger partial charge on any atom is 0.222 e. The van der Waals surface area contributed by atoms with Crippen molar-refractivity contribution in [1.82, 2.24) is 4.90 Å². The monoisotopic (exact) mass is 279 g/mol. The van der Waals surface area contributed by atoms with Gasteiger partial charge >= 0.3 is 0 Å². The summed E-state index contributed by atoms with van der Waals surface area (Å²) in [5, 5.41) is 8.04. The zero-order valence-electron chi connectivity index (χ0n) is 12.1. The Balaban J connectivity index is 1.81. The van der Waals surface area contributed by atoms with Crippen LogP contribution in [0.5, 0.6) is 0 Å². The summed E-state index contributed by atoms with van der Waals surface area (Å²) in [4.78, 5) is 13.9. The Labute approximate surface area is 119 Å². The first-order valence-corrected chi connectivity index (χ1v) is 7.31. The number of alkyl halides is 1. The van der Waals surface area contributed by atoms with Crippen LogP contribution in [-0.2, 0) is 4.79 Å². The number of terminal acetylenes is 1. The van der Waals surface area contributed by atoms with Crippen molar-refractivity contribution >= 4 is 5.91 Å². The van der Waals surface area contributed by atoms with Gasteiger partial charge in [-0.1, -0.05) is 0 Å². The lowest BCUT2D eigenvalue weighted by atomic mass is 10.0. The Morgan fingerprint density at radius 2 is 2.15 bits per heavy atom. The topological polar surface area (TPSA) is 45.0 Å². The fourth-order valence-corrected chi connectivity index (χ4v) is 2.70. The highest BCUT2D eigenvalue weighted by Gasteiger charge is 2.40. The molecule has 5 heteroatoms. The summed E-state index contributed by atoms with van der Waals surface area (Å²) < 4.78 is 14.1. The lowest BCUT2D eigenvalue weighted by molar-refractivity contribution is -0.133. The molecular formula is C15H22FN3O. The van der Waals surface area contributed by atoms with Crippen LogP contribution in [0.4, 0.5) is 4.39 Å². The molecule has 0 spiro atoms. The van der Waals surface area contributed by atoms with E-state index in [1.54, 1.807) is 11.8 Å². The second-order valence-corrected chi connectivity index (χ2v) is 6.07. The van der Waals surface area contributed by atoms with Gasteiger partial charge in [0.05, 0.1) is 6.54 Å². The number of carbonyl (C=O) groups is 1. The highest BCUT2D eigenvalue weighted by Crippen LogP contribution is 2.38. The van der Waals surface area contributed by atoms with Crippen molar-refractivity contribution in [2.75, 3.05) is 13.1 Å². The van der Waals surface area contributed by atoms with Crippen molar-refractivity contribution in [2.45, 2.75) is 63.2 Å². The fourth-order valence-electron chi connectivity index (χ4n) is 2.70. The summed E-state index contributed by atoms with van der Waals surface area (Å²) in [6.45, 7) is 2.44. The van der Waals surface area contributed by atoms with E-state index in [0.29, 0.717) is 38.6 Å². The molecule has 2 heterocycles. The minimum atomic E-state index is -1.26. The van der Waals surface area contributed by atoms with Crippen LogP contribution >= 0.6 is 0 Å². The van der Waals surface area contributed by atoms with Crippen molar-refractivity contribution in [3.05, 3.63) is 0 Å². The van der Waals surface area contributed by atoms with E-state index in [4.69, 9.17) is 6.42 Å². The molecule has 0 bridgehead atoms. The Kier molecular flexibility index (Phi) is 4.42. The summed E-state index contributed by atoms with van der Waals surface area (Å²) in [6.07, 6.45) is 9.77. The van der Waals surface area contributed by atoms with Crippen molar-refractivity contribution in [2.24, 2.45) is 10.2 Å². The normalized spacial score (nSPS) is 27.8. The van der Waals surface area contributed by atoms with Crippen LogP contribution in [0.15, 0.2) is 10.2 Å². The molecule has 4 nitrogen and oxygen atoms in total. The maximum absolute atomic E-state index is 14.1. The van der Waals surface area contributed by atoms with Crippen LogP contribution in [0.2, 0.25) is 0 Å². The summed E-state index contributed by atoms with van der Waals surface area (Å²) in [5.74, 6) is 2.58. The zero-order chi connectivity index (χ0) is 14.6. The number of rotatable bonds is 5. The molecule has 0 aromatic carbocycles. The average molecular weight is 279 g/mol. The molecule has 1 fully saturated rings. The van der Waals surface area contributed by atoms with E-state index in [1.165, 1.54) is 0 Å². The van der Waals surface area contributed by atoms with Crippen molar-refractivity contribution in [1.29, 1.82) is 0 Å². The molecule has 2 aliphatic rings. The Morgan fingerprint density at radius 3 is 2.80 bits per heavy atom. The molecule has 110 valence electrons. The maximum atomic E-state index is 14.1. The van der Waals surface area contributed by atoms with Crippen molar-refractivity contribution < 1.29 is 9.18 Å². The molecule has 1 amide bonds. The van der Waals surface area contributed by atoms with E-state index >= 15 is 0 Å². The molecule has 0 radical (unpaired) electrons. The van der Waals surface area contributed by atoms with Gasteiger partial charge in [-0.05, 0) is 26.2 Å². The first-order valence-electron chi connectivity index (χ1n) is 7.31. The number of amides is 1. The second kappa shape index (κ2) is 5.90. The molecule has 2 rings (SSSR count). The molecule has 2 aliphatic heterocycles. The number of halogens is 1. The van der Waals surface area contributed by atoms with E-state index in [0.717, 1.165) is 12.8 Å². The Morgan fingerprint density at radius 1 is 1.40 bits per heavy atom. The van der Waals surface area contributed by atoms with Crippen LogP contribution < -0.4 is 0 Å².